The maximum atomic E-state index is 7.83. The molecule has 4 heavy (non-hydrogen) atoms. The van der Waals surface area contributed by atoms with Gasteiger partial charge in [0, 0.05) is 74.2 Å². The molecule has 0 atom stereocenters. The molecule has 0 aromatic carbocycles. The fourth-order valence-electron chi connectivity index (χ4n) is 0. The first-order chi connectivity index (χ1) is 1.00. The molecule has 2 radical (unpaired) electrons. The Labute approximate surface area is 88.9 Å². The average molecular weight is 346 g/mol. The Morgan fingerprint density at radius 1 is 1.25 bits per heavy atom. The molecule has 1 nitrogen and oxygen atoms in total. The van der Waals surface area contributed by atoms with Gasteiger partial charge in [0.1, 0.15) is 0 Å². The van der Waals surface area contributed by atoms with Crippen LogP contribution in [0.3, 0.4) is 0 Å². The van der Waals surface area contributed by atoms with Crippen molar-refractivity contribution in [2.24, 2.45) is 0 Å². The molecule has 0 heterocycles. The molecule has 0 N–H and O–H groups in total. The van der Waals surface area contributed by atoms with Gasteiger partial charge in [-0.05, 0) is 0 Å². The summed E-state index contributed by atoms with van der Waals surface area (Å²) < 4.78 is 7.83. The third kappa shape index (κ3) is 8.82. The summed E-state index contributed by atoms with van der Waals surface area (Å²) in [4.78, 5) is 0. The normalized spacial score (nSPS) is 1.00. The van der Waals surface area contributed by atoms with Crippen LogP contribution in [0.25, 0.3) is 0 Å². The van der Waals surface area contributed by atoms with Crippen molar-refractivity contribution in [3.05, 3.63) is 0 Å². The van der Waals surface area contributed by atoms with Crippen LogP contribution in [-0.4, -0.2) is 4.21 Å². The molecular weight excluding hydrogens is 346 g/mol. The maximum absolute atomic E-state index is 7.83. The minimum atomic E-state index is 0. The monoisotopic (exact) mass is 346 g/mol. The zero-order valence-electron chi connectivity index (χ0n) is 1.73. The molecule has 0 unspecified atom stereocenters. The van der Waals surface area contributed by atoms with Gasteiger partial charge in [-0.25, -0.2) is 0 Å². The predicted octanol–water partition coefficient (Wildman–Crippen LogP) is -0.336. The summed E-state index contributed by atoms with van der Waals surface area (Å²) in [5.74, 6) is 0. The smallest absolute Gasteiger partial charge is 0.197 e. The van der Waals surface area contributed by atoms with E-state index in [1.165, 1.54) is 0 Å². The Balaban J connectivity index is -0.00000000500. The summed E-state index contributed by atoms with van der Waals surface area (Å²) in [5, 5.41) is 0. The van der Waals surface area contributed by atoms with Crippen LogP contribution < -0.4 is 0 Å². The Kier molecular flexibility index (Phi) is 71.5. The van der Waals surface area contributed by atoms with Crippen LogP contribution in [0.15, 0.2) is 0 Å². The van der Waals surface area contributed by atoms with Crippen LogP contribution in [0.4, 0.5) is 0 Å². The van der Waals surface area contributed by atoms with Crippen molar-refractivity contribution in [1.29, 1.82) is 0 Å². The van der Waals surface area contributed by atoms with Gasteiger partial charge in [0.05, 0.1) is 0 Å². The van der Waals surface area contributed by atoms with Crippen molar-refractivity contribution in [2.75, 3.05) is 0 Å². The van der Waals surface area contributed by atoms with E-state index >= 15 is 0 Å². The van der Waals surface area contributed by atoms with Gasteiger partial charge in [-0.1, -0.05) is 0 Å². The molecule has 4 heteroatoms. The van der Waals surface area contributed by atoms with Gasteiger partial charge in [0.15, 0.2) is 12.5 Å². The fourth-order valence-corrected chi connectivity index (χ4v) is 0. The van der Waals surface area contributed by atoms with E-state index in [1.807, 2.05) is 0 Å². The fraction of sp³-hybridized carbons (Fsp3) is 0. The van der Waals surface area contributed by atoms with Gasteiger partial charge in [-0.15, -0.1) is 0 Å². The third-order valence-electron chi connectivity index (χ3n) is 0. The molecule has 0 aromatic rings. The minimum absolute atomic E-state index is 0. The average Bonchev–Trinajstić information content (AvgIpc) is 1.00. The molecule has 0 aliphatic carbocycles. The maximum Gasteiger partial charge on any atom is 0.197 e. The SMILES string of the molecule is O=S.[La].[Tb]. The van der Waals surface area contributed by atoms with Crippen LogP contribution in [0.5, 0.6) is 0 Å². The predicted molar refractivity (Wildman–Crippen MR) is 8.14 cm³/mol. The van der Waals surface area contributed by atoms with E-state index in [2.05, 4.69) is 12.5 Å². The van der Waals surface area contributed by atoms with E-state index in [1.54, 1.807) is 0 Å². The van der Waals surface area contributed by atoms with Crippen molar-refractivity contribution in [1.82, 2.24) is 0 Å². The molecule has 0 saturated carbocycles. The first kappa shape index (κ1) is 16.1. The molecule has 0 aromatic heterocycles. The molecule has 0 amide bonds. The van der Waals surface area contributed by atoms with Crippen molar-refractivity contribution < 1.29 is 78.4 Å². The summed E-state index contributed by atoms with van der Waals surface area (Å²) in [5.41, 5.74) is 0. The van der Waals surface area contributed by atoms with Crippen LogP contribution >= 0.6 is 0 Å². The standard InChI is InChI=1S/La.OS.Tb/c;1-2;. The van der Waals surface area contributed by atoms with E-state index in [0.29, 0.717) is 0 Å². The van der Waals surface area contributed by atoms with Gasteiger partial charge in [0.25, 0.3) is 0 Å². The van der Waals surface area contributed by atoms with Crippen molar-refractivity contribution in [3.63, 3.8) is 0 Å². The van der Waals surface area contributed by atoms with Gasteiger partial charge < -0.3 is 0 Å². The van der Waals surface area contributed by atoms with Crippen LogP contribution in [0, 0.1) is 74.2 Å². The van der Waals surface area contributed by atoms with Gasteiger partial charge in [0.2, 0.25) is 0 Å². The van der Waals surface area contributed by atoms with Crippen molar-refractivity contribution in [3.8, 4) is 0 Å². The minimum Gasteiger partial charge on any atom is -0.197 e. The molecular formula is LaOSTb. The summed E-state index contributed by atoms with van der Waals surface area (Å²) in [6, 6.07) is 0. The number of rotatable bonds is 0. The topological polar surface area (TPSA) is 17.1 Å². The summed E-state index contributed by atoms with van der Waals surface area (Å²) in [6.07, 6.45) is 0. The Morgan fingerprint density at radius 3 is 1.25 bits per heavy atom. The largest absolute Gasteiger partial charge is 0.197 e. The Morgan fingerprint density at radius 2 is 1.25 bits per heavy atom. The van der Waals surface area contributed by atoms with Gasteiger partial charge in [-0.2, -0.15) is 4.21 Å². The molecule has 0 bridgehead atoms. The second-order valence-electron chi connectivity index (χ2n) is 0. The molecule has 0 spiro atoms. The van der Waals surface area contributed by atoms with Gasteiger partial charge >= 0.3 is 0 Å². The molecule has 0 aliphatic rings. The third-order valence-corrected chi connectivity index (χ3v) is 0. The van der Waals surface area contributed by atoms with E-state index in [-0.39, 0.29) is 74.2 Å². The summed E-state index contributed by atoms with van der Waals surface area (Å²) in [7, 11) is 0. The van der Waals surface area contributed by atoms with E-state index in [4.69, 9.17) is 4.21 Å². The second-order valence-corrected chi connectivity index (χ2v) is 0. The van der Waals surface area contributed by atoms with E-state index in [0.717, 1.165) is 0 Å². The number of hydrogen-bond donors (Lipinski definition) is 0. The Hall–Kier alpha value is 2.50. The van der Waals surface area contributed by atoms with Gasteiger partial charge in [-0.3, -0.25) is 0 Å². The first-order valence-corrected chi connectivity index (χ1v) is 0.500. The van der Waals surface area contributed by atoms with E-state index in [9.17, 15) is 0 Å². The Bertz CT molecular complexity index is 8.00. The molecule has 0 rings (SSSR count). The quantitative estimate of drug-likeness (QED) is 0.598. The summed E-state index contributed by atoms with van der Waals surface area (Å²) in [6.45, 7) is 0. The first-order valence-electron chi connectivity index (χ1n) is 0.167. The molecule has 0 saturated heterocycles. The van der Waals surface area contributed by atoms with Crippen LogP contribution in [0.2, 0.25) is 0 Å². The zero-order valence-corrected chi connectivity index (χ0v) is 8.31. The van der Waals surface area contributed by atoms with Crippen LogP contribution in [-0.2, 0) is 12.5 Å². The van der Waals surface area contributed by atoms with Crippen molar-refractivity contribution in [2.45, 2.75) is 0 Å². The number of hydrogen-bond acceptors (Lipinski definition) is 2. The molecule has 0 aliphatic heterocycles. The summed E-state index contributed by atoms with van der Waals surface area (Å²) >= 11 is 2.83. The second kappa shape index (κ2) is 17.8. The molecule has 0 fully saturated rings. The zero-order chi connectivity index (χ0) is 2.00. The van der Waals surface area contributed by atoms with Crippen LogP contribution in [0.1, 0.15) is 0 Å². The van der Waals surface area contributed by atoms with Crippen molar-refractivity contribution >= 4 is 12.5 Å². The van der Waals surface area contributed by atoms with E-state index < -0.39 is 0 Å². The molecule has 24 valence electrons.